The molecule has 0 unspecified atom stereocenters. The van der Waals surface area contributed by atoms with Crippen molar-refractivity contribution in [3.63, 3.8) is 0 Å². The third-order valence-electron chi connectivity index (χ3n) is 3.33. The number of nitrogens with zero attached hydrogens (tertiary/aromatic N) is 3. The lowest BCUT2D eigenvalue weighted by Crippen LogP contribution is -2.43. The summed E-state index contributed by atoms with van der Waals surface area (Å²) >= 11 is 5.87. The largest absolute Gasteiger partial charge is 0.390 e. The van der Waals surface area contributed by atoms with Gasteiger partial charge in [-0.15, -0.1) is 0 Å². The second kappa shape index (κ2) is 6.35. The Morgan fingerprint density at radius 2 is 2.05 bits per heavy atom. The summed E-state index contributed by atoms with van der Waals surface area (Å²) < 4.78 is 1.51. The van der Waals surface area contributed by atoms with Crippen LogP contribution < -0.4 is 0 Å². The van der Waals surface area contributed by atoms with Gasteiger partial charge in [-0.05, 0) is 24.1 Å². The van der Waals surface area contributed by atoms with Crippen LogP contribution in [0.15, 0.2) is 36.9 Å². The van der Waals surface area contributed by atoms with Gasteiger partial charge in [-0.2, -0.15) is 5.10 Å². The van der Waals surface area contributed by atoms with Crippen LogP contribution in [0.5, 0.6) is 0 Å². The minimum absolute atomic E-state index is 0.135. The Hall–Kier alpha value is -1.43. The molecule has 0 saturated carbocycles. The molecule has 0 aliphatic carbocycles. The van der Waals surface area contributed by atoms with Gasteiger partial charge in [0.05, 0.1) is 12.6 Å². The summed E-state index contributed by atoms with van der Waals surface area (Å²) in [6.07, 6.45) is 3.29. The van der Waals surface area contributed by atoms with Gasteiger partial charge < -0.3 is 10.2 Å². The molecule has 0 aliphatic rings. The first-order valence-electron chi connectivity index (χ1n) is 6.55. The van der Waals surface area contributed by atoms with E-state index in [2.05, 4.69) is 10.1 Å². The van der Waals surface area contributed by atoms with Crippen LogP contribution in [0.2, 0.25) is 5.02 Å². The molecule has 1 aromatic carbocycles. The van der Waals surface area contributed by atoms with Crippen LogP contribution in [-0.2, 0) is 12.1 Å². The summed E-state index contributed by atoms with van der Waals surface area (Å²) in [7, 11) is 0. The van der Waals surface area contributed by atoms with Crippen molar-refractivity contribution < 1.29 is 10.2 Å². The second-order valence-corrected chi connectivity index (χ2v) is 5.27. The summed E-state index contributed by atoms with van der Waals surface area (Å²) in [5.41, 5.74) is -0.813. The predicted molar refractivity (Wildman–Crippen MR) is 76.3 cm³/mol. The predicted octanol–water partition coefficient (Wildman–Crippen LogP) is 1.98. The normalized spacial score (nSPS) is 15.8. The molecule has 0 radical (unpaired) electrons. The molecular formula is C14H18ClN3O2. The highest BCUT2D eigenvalue weighted by atomic mass is 35.5. The summed E-state index contributed by atoms with van der Waals surface area (Å²) in [6, 6.07) is 6.83. The highest BCUT2D eigenvalue weighted by Gasteiger charge is 2.37. The van der Waals surface area contributed by atoms with Crippen LogP contribution in [-0.4, -0.2) is 31.1 Å². The van der Waals surface area contributed by atoms with Gasteiger partial charge in [0.2, 0.25) is 0 Å². The van der Waals surface area contributed by atoms with Crippen LogP contribution in [0.3, 0.4) is 0 Å². The summed E-state index contributed by atoms with van der Waals surface area (Å²) in [4.78, 5) is 3.86. The van der Waals surface area contributed by atoms with E-state index in [9.17, 15) is 10.2 Å². The average Bonchev–Trinajstić information content (AvgIpc) is 2.92. The van der Waals surface area contributed by atoms with Crippen molar-refractivity contribution in [2.45, 2.75) is 38.0 Å². The van der Waals surface area contributed by atoms with Crippen molar-refractivity contribution in [3.8, 4) is 0 Å². The summed E-state index contributed by atoms with van der Waals surface area (Å²) in [5, 5.41) is 25.9. The van der Waals surface area contributed by atoms with E-state index in [1.165, 1.54) is 17.3 Å². The van der Waals surface area contributed by atoms with Gasteiger partial charge >= 0.3 is 0 Å². The van der Waals surface area contributed by atoms with Gasteiger partial charge in [-0.3, -0.25) is 0 Å². The number of aromatic nitrogens is 3. The van der Waals surface area contributed by atoms with E-state index < -0.39 is 11.7 Å². The monoisotopic (exact) mass is 295 g/mol. The minimum atomic E-state index is -1.42. The molecule has 108 valence electrons. The van der Waals surface area contributed by atoms with Crippen molar-refractivity contribution in [2.24, 2.45) is 0 Å². The Kier molecular flexibility index (Phi) is 4.75. The number of rotatable bonds is 6. The Bertz CT molecular complexity index is 530. The zero-order valence-electron chi connectivity index (χ0n) is 11.3. The number of aliphatic hydroxyl groups is 2. The lowest BCUT2D eigenvalue weighted by Gasteiger charge is -2.33. The Balaban J connectivity index is 2.34. The molecule has 2 rings (SSSR count). The zero-order valence-corrected chi connectivity index (χ0v) is 12.0. The molecule has 0 aliphatic heterocycles. The van der Waals surface area contributed by atoms with Gasteiger partial charge in [-0.25, -0.2) is 9.67 Å². The Morgan fingerprint density at radius 3 is 2.60 bits per heavy atom. The Labute approximate surface area is 122 Å². The first-order valence-corrected chi connectivity index (χ1v) is 6.93. The van der Waals surface area contributed by atoms with Crippen LogP contribution >= 0.6 is 11.6 Å². The molecule has 0 saturated heterocycles. The maximum absolute atomic E-state index is 11.0. The van der Waals surface area contributed by atoms with Crippen LogP contribution in [0.25, 0.3) is 0 Å². The number of aliphatic hydroxyl groups excluding tert-OH is 1. The molecule has 1 aromatic heterocycles. The van der Waals surface area contributed by atoms with Gasteiger partial charge in [0.25, 0.3) is 0 Å². The van der Waals surface area contributed by atoms with Crippen molar-refractivity contribution in [1.82, 2.24) is 14.8 Å². The van der Waals surface area contributed by atoms with E-state index in [4.69, 9.17) is 11.6 Å². The first kappa shape index (κ1) is 15.0. The molecule has 1 heterocycles. The fourth-order valence-corrected chi connectivity index (χ4v) is 2.33. The van der Waals surface area contributed by atoms with E-state index in [0.29, 0.717) is 17.0 Å². The molecule has 5 nitrogen and oxygen atoms in total. The highest BCUT2D eigenvalue weighted by molar-refractivity contribution is 6.30. The van der Waals surface area contributed by atoms with E-state index in [1.807, 2.05) is 6.92 Å². The topological polar surface area (TPSA) is 71.2 Å². The molecule has 6 heteroatoms. The van der Waals surface area contributed by atoms with Crippen LogP contribution in [0.4, 0.5) is 0 Å². The van der Waals surface area contributed by atoms with Gasteiger partial charge in [0, 0.05) is 5.02 Å². The molecule has 0 bridgehead atoms. The van der Waals surface area contributed by atoms with Crippen molar-refractivity contribution >= 4 is 11.6 Å². The van der Waals surface area contributed by atoms with E-state index in [0.717, 1.165) is 6.42 Å². The molecule has 2 N–H and O–H groups in total. The van der Waals surface area contributed by atoms with E-state index in [1.54, 1.807) is 24.3 Å². The third kappa shape index (κ3) is 3.17. The standard InChI is InChI=1S/C14H18ClN3O2/c1-2-3-13(19)14(20,8-18-10-16-9-17-18)11-4-6-12(15)7-5-11/h4-7,9-10,13,19-20H,2-3,8H2,1H3/t13-,14+/m1/s1. The van der Waals surface area contributed by atoms with Crippen LogP contribution in [0, 0.1) is 0 Å². The smallest absolute Gasteiger partial charge is 0.137 e. The average molecular weight is 296 g/mol. The van der Waals surface area contributed by atoms with Gasteiger partial charge in [-0.1, -0.05) is 37.1 Å². The van der Waals surface area contributed by atoms with E-state index >= 15 is 0 Å². The number of hydrogen-bond donors (Lipinski definition) is 2. The van der Waals surface area contributed by atoms with Crippen molar-refractivity contribution in [1.29, 1.82) is 0 Å². The van der Waals surface area contributed by atoms with E-state index in [-0.39, 0.29) is 6.54 Å². The molecule has 0 amide bonds. The number of benzene rings is 1. The SMILES string of the molecule is CCC[C@@H](O)[C@](O)(Cn1cncn1)c1ccc(Cl)cc1. The summed E-state index contributed by atoms with van der Waals surface area (Å²) in [5.74, 6) is 0. The molecule has 2 atom stereocenters. The maximum atomic E-state index is 11.0. The molecule has 2 aromatic rings. The zero-order chi connectivity index (χ0) is 14.6. The first-order chi connectivity index (χ1) is 9.56. The minimum Gasteiger partial charge on any atom is -0.390 e. The van der Waals surface area contributed by atoms with Crippen molar-refractivity contribution in [3.05, 3.63) is 47.5 Å². The van der Waals surface area contributed by atoms with Gasteiger partial charge in [0.15, 0.2) is 0 Å². The molecule has 20 heavy (non-hydrogen) atoms. The molecular weight excluding hydrogens is 278 g/mol. The van der Waals surface area contributed by atoms with Gasteiger partial charge in [0.1, 0.15) is 18.3 Å². The molecule has 0 spiro atoms. The maximum Gasteiger partial charge on any atom is 0.137 e. The third-order valence-corrected chi connectivity index (χ3v) is 3.58. The fraction of sp³-hybridized carbons (Fsp3) is 0.429. The summed E-state index contributed by atoms with van der Waals surface area (Å²) in [6.45, 7) is 2.09. The van der Waals surface area contributed by atoms with Crippen molar-refractivity contribution in [2.75, 3.05) is 0 Å². The van der Waals surface area contributed by atoms with Crippen LogP contribution in [0.1, 0.15) is 25.3 Å². The number of halogens is 1. The lowest BCUT2D eigenvalue weighted by atomic mass is 9.86. The Morgan fingerprint density at radius 1 is 1.35 bits per heavy atom. The quantitative estimate of drug-likeness (QED) is 0.855. The molecule has 0 fully saturated rings. The fourth-order valence-electron chi connectivity index (χ4n) is 2.20. The number of hydrogen-bond acceptors (Lipinski definition) is 4. The second-order valence-electron chi connectivity index (χ2n) is 4.83. The lowest BCUT2D eigenvalue weighted by molar-refractivity contribution is -0.0970. The highest BCUT2D eigenvalue weighted by Crippen LogP contribution is 2.30.